The van der Waals surface area contributed by atoms with Gasteiger partial charge in [0.2, 0.25) is 5.91 Å². The first-order chi connectivity index (χ1) is 12.0. The average molecular weight is 360 g/mol. The molecule has 1 fully saturated rings. The van der Waals surface area contributed by atoms with Crippen molar-refractivity contribution in [3.8, 4) is 11.5 Å². The fraction of sp³-hybridized carbons (Fsp3) is 0.250. The molecule has 1 aromatic heterocycles. The lowest BCUT2D eigenvalue weighted by Gasteiger charge is -2.10. The van der Waals surface area contributed by atoms with Crippen LogP contribution in [-0.2, 0) is 11.4 Å². The van der Waals surface area contributed by atoms with Crippen LogP contribution in [0.3, 0.4) is 0 Å². The number of rotatable bonds is 6. The lowest BCUT2D eigenvalue weighted by Crippen LogP contribution is -2.24. The van der Waals surface area contributed by atoms with Crippen molar-refractivity contribution in [1.82, 2.24) is 15.3 Å². The first kappa shape index (κ1) is 16.9. The van der Waals surface area contributed by atoms with E-state index in [9.17, 15) is 9.59 Å². The van der Waals surface area contributed by atoms with E-state index in [4.69, 9.17) is 9.47 Å². The van der Waals surface area contributed by atoms with E-state index in [2.05, 4.69) is 15.4 Å². The van der Waals surface area contributed by atoms with Gasteiger partial charge in [-0.3, -0.25) is 10.1 Å². The summed E-state index contributed by atoms with van der Waals surface area (Å²) in [7, 11) is 1.54. The molecule has 0 atom stereocenters. The molecule has 0 spiro atoms. The first-order valence-corrected chi connectivity index (χ1v) is 8.30. The molecule has 9 heteroatoms. The number of nitrogens with one attached hydrogen (secondary N) is 1. The number of thiazole rings is 1. The lowest BCUT2D eigenvalue weighted by molar-refractivity contribution is -0.118. The van der Waals surface area contributed by atoms with Crippen LogP contribution in [0.4, 0.5) is 4.79 Å². The Kier molecular flexibility index (Phi) is 4.94. The molecule has 2 heterocycles. The molecule has 3 rings (SSSR count). The molecule has 25 heavy (non-hydrogen) atoms. The van der Waals surface area contributed by atoms with Crippen LogP contribution in [0.1, 0.15) is 16.3 Å². The fourth-order valence-electron chi connectivity index (χ4n) is 2.17. The third kappa shape index (κ3) is 4.13. The maximum Gasteiger partial charge on any atom is 0.344 e. The number of benzene rings is 1. The fourth-order valence-corrected chi connectivity index (χ4v) is 2.77. The zero-order valence-electron chi connectivity index (χ0n) is 13.7. The molecule has 1 aliphatic heterocycles. The molecule has 0 radical (unpaired) electrons. The number of carbonyl (C=O) groups excluding carboxylic acids is 2. The molecule has 2 aromatic rings. The summed E-state index contributed by atoms with van der Waals surface area (Å²) < 4.78 is 11.1. The van der Waals surface area contributed by atoms with E-state index >= 15 is 0 Å². The van der Waals surface area contributed by atoms with Crippen molar-refractivity contribution in [3.63, 3.8) is 0 Å². The Hall–Kier alpha value is -2.94. The zero-order valence-corrected chi connectivity index (χ0v) is 14.5. The number of urea groups is 1. The minimum atomic E-state index is -0.535. The monoisotopic (exact) mass is 360 g/mol. The Morgan fingerprint density at radius 1 is 1.40 bits per heavy atom. The number of hydrogen-bond acceptors (Lipinski definition) is 7. The zero-order chi connectivity index (χ0) is 17.8. The number of carbonyl (C=O) groups is 2. The molecule has 0 aliphatic carbocycles. The Bertz CT molecular complexity index is 833. The summed E-state index contributed by atoms with van der Waals surface area (Å²) in [5.74, 6) is 0.748. The molecule has 3 amide bonds. The molecule has 1 saturated heterocycles. The lowest BCUT2D eigenvalue weighted by atomic mass is 10.2. The molecule has 0 saturated carbocycles. The van der Waals surface area contributed by atoms with Gasteiger partial charge >= 0.3 is 6.03 Å². The van der Waals surface area contributed by atoms with E-state index in [1.165, 1.54) is 6.21 Å². The van der Waals surface area contributed by atoms with Crippen LogP contribution < -0.4 is 14.8 Å². The largest absolute Gasteiger partial charge is 0.493 e. The Morgan fingerprint density at radius 2 is 2.24 bits per heavy atom. The number of aryl methyl sites for hydroxylation is 1. The van der Waals surface area contributed by atoms with E-state index < -0.39 is 6.03 Å². The molecule has 130 valence electrons. The minimum Gasteiger partial charge on any atom is -0.493 e. The molecule has 1 aromatic carbocycles. The average Bonchev–Trinajstić information content (AvgIpc) is 3.15. The van der Waals surface area contributed by atoms with E-state index in [1.807, 2.05) is 12.3 Å². The van der Waals surface area contributed by atoms with Crippen molar-refractivity contribution in [3.05, 3.63) is 39.8 Å². The molecular weight excluding hydrogens is 344 g/mol. The SMILES string of the molecule is COc1cc(/C=N\N2CC(=O)NC2=O)ccc1OCc1csc(C)n1. The maximum absolute atomic E-state index is 11.4. The van der Waals surface area contributed by atoms with Gasteiger partial charge in [0.1, 0.15) is 13.2 Å². The van der Waals surface area contributed by atoms with Crippen LogP contribution in [0.15, 0.2) is 28.7 Å². The van der Waals surface area contributed by atoms with Crippen LogP contribution in [0, 0.1) is 6.92 Å². The highest BCUT2D eigenvalue weighted by atomic mass is 32.1. The summed E-state index contributed by atoms with van der Waals surface area (Å²) >= 11 is 1.57. The Labute approximate surface area is 148 Å². The van der Waals surface area contributed by atoms with Crippen LogP contribution in [0.2, 0.25) is 0 Å². The topological polar surface area (TPSA) is 93.1 Å². The molecule has 1 N–H and O–H groups in total. The predicted octanol–water partition coefficient (Wildman–Crippen LogP) is 1.92. The van der Waals surface area contributed by atoms with Crippen molar-refractivity contribution in [2.75, 3.05) is 13.7 Å². The summed E-state index contributed by atoms with van der Waals surface area (Å²) in [6.07, 6.45) is 1.48. The van der Waals surface area contributed by atoms with Crippen LogP contribution in [0.25, 0.3) is 0 Å². The second kappa shape index (κ2) is 7.31. The number of amides is 3. The second-order valence-corrected chi connectivity index (χ2v) is 6.27. The van der Waals surface area contributed by atoms with E-state index in [0.717, 1.165) is 15.7 Å². The van der Waals surface area contributed by atoms with Crippen LogP contribution in [-0.4, -0.2) is 41.8 Å². The second-order valence-electron chi connectivity index (χ2n) is 5.21. The highest BCUT2D eigenvalue weighted by Gasteiger charge is 2.25. The van der Waals surface area contributed by atoms with Gasteiger partial charge in [0, 0.05) is 5.38 Å². The number of hydrazone groups is 1. The van der Waals surface area contributed by atoms with E-state index in [0.29, 0.717) is 23.7 Å². The molecular formula is C16H16N4O4S. The Balaban J connectivity index is 1.68. The standard InChI is InChI=1S/C16H16N4O4S/c1-10-18-12(9-25-10)8-24-13-4-3-11(5-14(13)23-2)6-17-20-7-15(21)19-16(20)22/h3-6,9H,7-8H2,1-2H3,(H,19,21,22)/b17-6-. The van der Waals surface area contributed by atoms with E-state index in [1.54, 1.807) is 36.6 Å². The maximum atomic E-state index is 11.4. The first-order valence-electron chi connectivity index (χ1n) is 7.42. The quantitative estimate of drug-likeness (QED) is 0.627. The number of methoxy groups -OCH3 is 1. The summed E-state index contributed by atoms with van der Waals surface area (Å²) in [6, 6.07) is 4.74. The summed E-state index contributed by atoms with van der Waals surface area (Å²) in [4.78, 5) is 26.9. The van der Waals surface area contributed by atoms with E-state index in [-0.39, 0.29) is 12.5 Å². The summed E-state index contributed by atoms with van der Waals surface area (Å²) in [5, 5.41) is 10.1. The van der Waals surface area contributed by atoms with Crippen molar-refractivity contribution in [2.24, 2.45) is 5.10 Å². The van der Waals surface area contributed by atoms with Gasteiger partial charge < -0.3 is 9.47 Å². The van der Waals surface area contributed by atoms with Gasteiger partial charge in [0.05, 0.1) is 24.0 Å². The number of hydrogen-bond donors (Lipinski definition) is 1. The molecule has 0 unspecified atom stereocenters. The van der Waals surface area contributed by atoms with Gasteiger partial charge in [0.15, 0.2) is 11.5 Å². The van der Waals surface area contributed by atoms with Crippen molar-refractivity contribution in [1.29, 1.82) is 0 Å². The van der Waals surface area contributed by atoms with Gasteiger partial charge in [-0.2, -0.15) is 5.10 Å². The van der Waals surface area contributed by atoms with Gasteiger partial charge in [0.25, 0.3) is 0 Å². The van der Waals surface area contributed by atoms with Gasteiger partial charge in [-0.15, -0.1) is 11.3 Å². The third-order valence-corrected chi connectivity index (χ3v) is 4.17. The van der Waals surface area contributed by atoms with Crippen molar-refractivity contribution in [2.45, 2.75) is 13.5 Å². The van der Waals surface area contributed by atoms with Crippen LogP contribution >= 0.6 is 11.3 Å². The van der Waals surface area contributed by atoms with Crippen LogP contribution in [0.5, 0.6) is 11.5 Å². The molecule has 1 aliphatic rings. The number of imide groups is 1. The minimum absolute atomic E-state index is 0.0826. The normalized spacial score (nSPS) is 14.2. The number of aromatic nitrogens is 1. The number of ether oxygens (including phenoxy) is 2. The predicted molar refractivity (Wildman–Crippen MR) is 92.0 cm³/mol. The number of nitrogens with zero attached hydrogens (tertiary/aromatic N) is 3. The molecule has 8 nitrogen and oxygen atoms in total. The van der Waals surface area contributed by atoms with Gasteiger partial charge in [-0.05, 0) is 30.7 Å². The van der Waals surface area contributed by atoms with Crippen molar-refractivity contribution >= 4 is 29.5 Å². The molecule has 0 bridgehead atoms. The van der Waals surface area contributed by atoms with Crippen molar-refractivity contribution < 1.29 is 19.1 Å². The third-order valence-electron chi connectivity index (χ3n) is 3.35. The van der Waals surface area contributed by atoms with Gasteiger partial charge in [-0.1, -0.05) is 0 Å². The highest BCUT2D eigenvalue weighted by Crippen LogP contribution is 2.28. The van der Waals surface area contributed by atoms with Gasteiger partial charge in [-0.25, -0.2) is 14.8 Å². The summed E-state index contributed by atoms with van der Waals surface area (Å²) in [6.45, 7) is 2.21. The Morgan fingerprint density at radius 3 is 2.88 bits per heavy atom. The highest BCUT2D eigenvalue weighted by molar-refractivity contribution is 7.09. The smallest absolute Gasteiger partial charge is 0.344 e. The summed E-state index contributed by atoms with van der Waals surface area (Å²) in [5.41, 5.74) is 1.57.